The summed E-state index contributed by atoms with van der Waals surface area (Å²) in [6.07, 6.45) is 0. The molecule has 5 nitrogen and oxygen atoms in total. The second-order valence-corrected chi connectivity index (χ2v) is 2.77. The number of thiazole rings is 1. The van der Waals surface area contributed by atoms with E-state index >= 15 is 0 Å². The third-order valence-electron chi connectivity index (χ3n) is 1.28. The van der Waals surface area contributed by atoms with Crippen molar-refractivity contribution < 1.29 is 0 Å². The van der Waals surface area contributed by atoms with Crippen molar-refractivity contribution >= 4 is 17.3 Å². The molecular formula is C6H11N5S. The van der Waals surface area contributed by atoms with Crippen molar-refractivity contribution in [1.29, 1.82) is 0 Å². The number of hydrogen-bond donors (Lipinski definition) is 3. The molecule has 1 rings (SSSR count). The van der Waals surface area contributed by atoms with Gasteiger partial charge in [-0.3, -0.25) is 10.4 Å². The zero-order valence-corrected chi connectivity index (χ0v) is 7.56. The first-order valence-corrected chi connectivity index (χ1v) is 4.35. The second kappa shape index (κ2) is 4.68. The monoisotopic (exact) mass is 185 g/mol. The van der Waals surface area contributed by atoms with Crippen molar-refractivity contribution in [2.75, 3.05) is 7.05 Å². The number of nitrogens with zero attached hydrogens (tertiary/aromatic N) is 2. The molecule has 12 heavy (non-hydrogen) atoms. The van der Waals surface area contributed by atoms with Crippen LogP contribution in [0.1, 0.15) is 5.69 Å². The van der Waals surface area contributed by atoms with Gasteiger partial charge >= 0.3 is 0 Å². The molecule has 1 aromatic heterocycles. The minimum absolute atomic E-state index is 0.558. The van der Waals surface area contributed by atoms with E-state index in [1.54, 1.807) is 23.9 Å². The Hall–Kier alpha value is -1.14. The molecule has 0 aromatic carbocycles. The Morgan fingerprint density at radius 2 is 2.67 bits per heavy atom. The van der Waals surface area contributed by atoms with E-state index < -0.39 is 0 Å². The molecular weight excluding hydrogens is 174 g/mol. The summed E-state index contributed by atoms with van der Waals surface area (Å²) in [7, 11) is 1.66. The first-order chi connectivity index (χ1) is 5.86. The predicted octanol–water partition coefficient (Wildman–Crippen LogP) is -0.318. The van der Waals surface area contributed by atoms with Crippen molar-refractivity contribution in [3.05, 3.63) is 16.6 Å². The number of hydrogen-bond acceptors (Lipinski definition) is 4. The molecule has 0 fully saturated rings. The molecule has 1 aromatic rings. The Morgan fingerprint density at radius 1 is 1.83 bits per heavy atom. The largest absolute Gasteiger partial charge is 0.350 e. The summed E-state index contributed by atoms with van der Waals surface area (Å²) in [6, 6.07) is 0. The average Bonchev–Trinajstić information content (AvgIpc) is 2.59. The van der Waals surface area contributed by atoms with Crippen molar-refractivity contribution in [3.63, 3.8) is 0 Å². The Balaban J connectivity index is 2.35. The maximum absolute atomic E-state index is 5.16. The molecule has 0 saturated heterocycles. The number of aromatic nitrogens is 1. The van der Waals surface area contributed by atoms with Crippen LogP contribution in [0.5, 0.6) is 0 Å². The van der Waals surface area contributed by atoms with Crippen LogP contribution in [-0.2, 0) is 6.54 Å². The molecule has 1 heterocycles. The van der Waals surface area contributed by atoms with Gasteiger partial charge in [0, 0.05) is 12.4 Å². The van der Waals surface area contributed by atoms with Crippen LogP contribution in [0.15, 0.2) is 15.9 Å². The highest BCUT2D eigenvalue weighted by Gasteiger charge is 1.95. The van der Waals surface area contributed by atoms with Crippen molar-refractivity contribution in [3.8, 4) is 0 Å². The number of rotatable bonds is 2. The van der Waals surface area contributed by atoms with Gasteiger partial charge in [-0.2, -0.15) is 0 Å². The van der Waals surface area contributed by atoms with Crippen molar-refractivity contribution in [1.82, 2.24) is 15.7 Å². The first kappa shape index (κ1) is 8.95. The lowest BCUT2D eigenvalue weighted by Gasteiger charge is -2.05. The average molecular weight is 185 g/mol. The van der Waals surface area contributed by atoms with E-state index in [2.05, 4.69) is 20.7 Å². The minimum atomic E-state index is 0.558. The summed E-state index contributed by atoms with van der Waals surface area (Å²) >= 11 is 1.56. The third-order valence-corrected chi connectivity index (χ3v) is 1.92. The first-order valence-electron chi connectivity index (χ1n) is 3.41. The summed E-state index contributed by atoms with van der Waals surface area (Å²) in [6.45, 7) is 0.639. The highest BCUT2D eigenvalue weighted by molar-refractivity contribution is 7.07. The molecule has 0 bridgehead atoms. The van der Waals surface area contributed by atoms with Gasteiger partial charge in [-0.25, -0.2) is 10.8 Å². The maximum Gasteiger partial charge on any atom is 0.205 e. The number of nitrogens with one attached hydrogen (secondary N) is 2. The molecule has 0 aliphatic carbocycles. The zero-order chi connectivity index (χ0) is 8.81. The van der Waals surface area contributed by atoms with Crippen LogP contribution in [-0.4, -0.2) is 18.0 Å². The van der Waals surface area contributed by atoms with E-state index in [-0.39, 0.29) is 0 Å². The van der Waals surface area contributed by atoms with Crippen molar-refractivity contribution in [2.45, 2.75) is 6.54 Å². The molecule has 0 amide bonds. The molecule has 0 aliphatic heterocycles. The summed E-state index contributed by atoms with van der Waals surface area (Å²) < 4.78 is 0. The molecule has 6 heteroatoms. The second-order valence-electron chi connectivity index (χ2n) is 2.05. The topological polar surface area (TPSA) is 75.3 Å². The lowest BCUT2D eigenvalue weighted by Crippen LogP contribution is -2.41. The fraction of sp³-hybridized carbons (Fsp3) is 0.333. The van der Waals surface area contributed by atoms with Crippen LogP contribution in [0.4, 0.5) is 0 Å². The van der Waals surface area contributed by atoms with E-state index in [1.165, 1.54) is 0 Å². The van der Waals surface area contributed by atoms with Gasteiger partial charge in [-0.1, -0.05) is 0 Å². The smallest absolute Gasteiger partial charge is 0.205 e. The van der Waals surface area contributed by atoms with Crippen LogP contribution in [0.2, 0.25) is 0 Å². The van der Waals surface area contributed by atoms with E-state index in [0.717, 1.165) is 5.69 Å². The third kappa shape index (κ3) is 2.48. The highest BCUT2D eigenvalue weighted by Crippen LogP contribution is 1.99. The van der Waals surface area contributed by atoms with E-state index in [0.29, 0.717) is 12.5 Å². The lowest BCUT2D eigenvalue weighted by molar-refractivity contribution is 0.824. The maximum atomic E-state index is 5.16. The SMILES string of the molecule is CN=C(NN)NCc1cscn1. The molecule has 0 spiro atoms. The van der Waals surface area contributed by atoms with E-state index in [9.17, 15) is 0 Å². The number of aliphatic imine (C=N–C) groups is 1. The Labute approximate surface area is 74.7 Å². The van der Waals surface area contributed by atoms with Crippen LogP contribution >= 0.6 is 11.3 Å². The summed E-state index contributed by atoms with van der Waals surface area (Å²) in [5.41, 5.74) is 5.20. The van der Waals surface area contributed by atoms with E-state index in [1.807, 2.05) is 5.38 Å². The number of guanidine groups is 1. The van der Waals surface area contributed by atoms with E-state index in [4.69, 9.17) is 5.84 Å². The summed E-state index contributed by atoms with van der Waals surface area (Å²) in [4.78, 5) is 7.94. The fourth-order valence-corrected chi connectivity index (χ4v) is 1.25. The zero-order valence-electron chi connectivity index (χ0n) is 6.74. The minimum Gasteiger partial charge on any atom is -0.350 e. The Kier molecular flexibility index (Phi) is 3.49. The standard InChI is InChI=1S/C6H11N5S/c1-8-6(11-7)9-2-5-3-12-4-10-5/h3-4H,2,7H2,1H3,(H2,8,9,11). The molecule has 0 saturated carbocycles. The van der Waals surface area contributed by atoms with Crippen LogP contribution < -0.4 is 16.6 Å². The van der Waals surface area contributed by atoms with Crippen molar-refractivity contribution in [2.24, 2.45) is 10.8 Å². The quantitative estimate of drug-likeness (QED) is 0.255. The van der Waals surface area contributed by atoms with Gasteiger partial charge in [0.1, 0.15) is 0 Å². The van der Waals surface area contributed by atoms with Gasteiger partial charge in [0.2, 0.25) is 5.96 Å². The van der Waals surface area contributed by atoms with Gasteiger partial charge in [-0.05, 0) is 0 Å². The van der Waals surface area contributed by atoms with Gasteiger partial charge in [0.15, 0.2) is 0 Å². The Morgan fingerprint density at radius 3 is 3.17 bits per heavy atom. The molecule has 0 aliphatic rings. The van der Waals surface area contributed by atoms with Gasteiger partial charge < -0.3 is 5.32 Å². The van der Waals surface area contributed by atoms with Gasteiger partial charge in [0.25, 0.3) is 0 Å². The van der Waals surface area contributed by atoms with Crippen LogP contribution in [0.25, 0.3) is 0 Å². The fourth-order valence-electron chi connectivity index (χ4n) is 0.694. The Bertz CT molecular complexity index is 242. The van der Waals surface area contributed by atoms with Crippen LogP contribution in [0, 0.1) is 0 Å². The number of nitrogens with two attached hydrogens (primary N) is 1. The summed E-state index contributed by atoms with van der Waals surface area (Å²) in [5.74, 6) is 5.72. The number of hydrazine groups is 1. The normalized spacial score (nSPS) is 11.3. The molecule has 4 N–H and O–H groups in total. The molecule has 0 unspecified atom stereocenters. The lowest BCUT2D eigenvalue weighted by atomic mass is 10.5. The molecule has 0 radical (unpaired) electrons. The van der Waals surface area contributed by atoms with Gasteiger partial charge in [0.05, 0.1) is 17.7 Å². The highest BCUT2D eigenvalue weighted by atomic mass is 32.1. The predicted molar refractivity (Wildman–Crippen MR) is 49.6 cm³/mol. The summed E-state index contributed by atoms with van der Waals surface area (Å²) in [5, 5.41) is 4.95. The molecule has 66 valence electrons. The van der Waals surface area contributed by atoms with Gasteiger partial charge in [-0.15, -0.1) is 11.3 Å². The van der Waals surface area contributed by atoms with Crippen LogP contribution in [0.3, 0.4) is 0 Å². The molecule has 0 atom stereocenters.